The molecule has 2 atom stereocenters. The molecule has 0 saturated heterocycles. The van der Waals surface area contributed by atoms with Gasteiger partial charge in [0, 0.05) is 31.2 Å². The molecule has 0 aliphatic rings. The summed E-state index contributed by atoms with van der Waals surface area (Å²) in [6.07, 6.45) is 0. The highest BCUT2D eigenvalue weighted by Gasteiger charge is 2.24. The lowest BCUT2D eigenvalue weighted by atomic mass is 10.0. The molecule has 0 radical (unpaired) electrons. The highest BCUT2D eigenvalue weighted by molar-refractivity contribution is 5.19. The first-order chi connectivity index (χ1) is 9.95. The molecule has 3 heteroatoms. The minimum atomic E-state index is 0.425. The van der Waals surface area contributed by atoms with E-state index >= 15 is 0 Å². The van der Waals surface area contributed by atoms with Crippen molar-refractivity contribution >= 4 is 0 Å². The van der Waals surface area contributed by atoms with Crippen LogP contribution in [0.4, 0.5) is 0 Å². The number of nitrogens with zero attached hydrogens (tertiary/aromatic N) is 2. The lowest BCUT2D eigenvalue weighted by Crippen LogP contribution is -2.46. The Bertz CT molecular complexity index is 375. The van der Waals surface area contributed by atoms with Crippen molar-refractivity contribution in [2.45, 2.75) is 45.8 Å². The van der Waals surface area contributed by atoms with Gasteiger partial charge < -0.3 is 10.2 Å². The zero-order valence-corrected chi connectivity index (χ0v) is 14.6. The van der Waals surface area contributed by atoms with Gasteiger partial charge in [0.05, 0.1) is 0 Å². The summed E-state index contributed by atoms with van der Waals surface area (Å²) in [5, 5.41) is 3.61. The molecule has 3 nitrogen and oxygen atoms in total. The van der Waals surface area contributed by atoms with Crippen LogP contribution >= 0.6 is 0 Å². The molecule has 1 N–H and O–H groups in total. The molecule has 0 heterocycles. The molecule has 0 aliphatic heterocycles. The second-order valence-corrected chi connectivity index (χ2v) is 6.43. The SMILES string of the molecule is CCN(C(C)CN(C)C)C(CNC(C)C)c1ccccc1. The predicted molar refractivity (Wildman–Crippen MR) is 92.7 cm³/mol. The first-order valence-corrected chi connectivity index (χ1v) is 8.14. The van der Waals surface area contributed by atoms with E-state index in [1.165, 1.54) is 5.56 Å². The molecule has 21 heavy (non-hydrogen) atoms. The monoisotopic (exact) mass is 291 g/mol. The van der Waals surface area contributed by atoms with Crippen LogP contribution in [0.3, 0.4) is 0 Å². The standard InChI is InChI=1S/C18H33N3/c1-7-21(16(4)14-20(5)6)18(13-19-15(2)3)17-11-9-8-10-12-17/h8-12,15-16,18-19H,7,13-14H2,1-6H3. The van der Waals surface area contributed by atoms with Crippen LogP contribution < -0.4 is 5.32 Å². The number of rotatable bonds is 9. The molecular formula is C18H33N3. The average molecular weight is 291 g/mol. The maximum absolute atomic E-state index is 3.61. The van der Waals surface area contributed by atoms with Gasteiger partial charge in [-0.25, -0.2) is 0 Å². The van der Waals surface area contributed by atoms with E-state index in [1.54, 1.807) is 0 Å². The second kappa shape index (κ2) is 9.19. The molecule has 0 bridgehead atoms. The summed E-state index contributed by atoms with van der Waals surface area (Å²) in [6.45, 7) is 12.1. The number of likely N-dealkylation sites (N-methyl/N-ethyl adjacent to an activating group) is 2. The summed E-state index contributed by atoms with van der Waals surface area (Å²) >= 11 is 0. The Kier molecular flexibility index (Phi) is 7.94. The molecule has 0 saturated carbocycles. The van der Waals surface area contributed by atoms with Crippen LogP contribution in [0.25, 0.3) is 0 Å². The zero-order valence-electron chi connectivity index (χ0n) is 14.6. The van der Waals surface area contributed by atoms with Gasteiger partial charge in [-0.05, 0) is 33.1 Å². The van der Waals surface area contributed by atoms with E-state index in [9.17, 15) is 0 Å². The van der Waals surface area contributed by atoms with Crippen LogP contribution in [0.1, 0.15) is 39.3 Å². The smallest absolute Gasteiger partial charge is 0.0476 e. The normalized spacial score (nSPS) is 14.9. The van der Waals surface area contributed by atoms with Gasteiger partial charge in [0.15, 0.2) is 0 Å². The van der Waals surface area contributed by atoms with Crippen molar-refractivity contribution in [1.29, 1.82) is 0 Å². The Morgan fingerprint density at radius 2 is 1.67 bits per heavy atom. The molecule has 0 fully saturated rings. The van der Waals surface area contributed by atoms with E-state index in [1.807, 2.05) is 0 Å². The third kappa shape index (κ3) is 6.16. The lowest BCUT2D eigenvalue weighted by Gasteiger charge is -2.37. The summed E-state index contributed by atoms with van der Waals surface area (Å²) < 4.78 is 0. The zero-order chi connectivity index (χ0) is 15.8. The fourth-order valence-electron chi connectivity index (χ4n) is 2.92. The van der Waals surface area contributed by atoms with Gasteiger partial charge in [-0.1, -0.05) is 51.1 Å². The summed E-state index contributed by atoms with van der Waals surface area (Å²) in [5.74, 6) is 0. The van der Waals surface area contributed by atoms with Gasteiger partial charge >= 0.3 is 0 Å². The van der Waals surface area contributed by atoms with E-state index in [2.05, 4.69) is 87.2 Å². The molecule has 1 rings (SSSR count). The fraction of sp³-hybridized carbons (Fsp3) is 0.667. The summed E-state index contributed by atoms with van der Waals surface area (Å²) in [5.41, 5.74) is 1.40. The van der Waals surface area contributed by atoms with Crippen LogP contribution in [0, 0.1) is 0 Å². The van der Waals surface area contributed by atoms with Crippen molar-refractivity contribution in [3.8, 4) is 0 Å². The Hall–Kier alpha value is -0.900. The molecule has 1 aromatic rings. The molecule has 120 valence electrons. The van der Waals surface area contributed by atoms with E-state index in [-0.39, 0.29) is 0 Å². The number of hydrogen-bond donors (Lipinski definition) is 1. The second-order valence-electron chi connectivity index (χ2n) is 6.43. The maximum Gasteiger partial charge on any atom is 0.0476 e. The molecule has 1 aromatic carbocycles. The number of benzene rings is 1. The maximum atomic E-state index is 3.61. The van der Waals surface area contributed by atoms with E-state index in [4.69, 9.17) is 0 Å². The van der Waals surface area contributed by atoms with Gasteiger partial charge in [0.1, 0.15) is 0 Å². The highest BCUT2D eigenvalue weighted by Crippen LogP contribution is 2.22. The van der Waals surface area contributed by atoms with Crippen molar-refractivity contribution in [2.24, 2.45) is 0 Å². The van der Waals surface area contributed by atoms with Crippen molar-refractivity contribution in [1.82, 2.24) is 15.1 Å². The van der Waals surface area contributed by atoms with Crippen molar-refractivity contribution in [3.05, 3.63) is 35.9 Å². The van der Waals surface area contributed by atoms with Gasteiger partial charge in [0.2, 0.25) is 0 Å². The van der Waals surface area contributed by atoms with Crippen LogP contribution in [0.5, 0.6) is 0 Å². The fourth-order valence-corrected chi connectivity index (χ4v) is 2.92. The Balaban J connectivity index is 2.91. The Morgan fingerprint density at radius 1 is 1.05 bits per heavy atom. The van der Waals surface area contributed by atoms with Crippen molar-refractivity contribution in [2.75, 3.05) is 33.7 Å². The topological polar surface area (TPSA) is 18.5 Å². The first kappa shape index (κ1) is 18.1. The quantitative estimate of drug-likeness (QED) is 0.754. The predicted octanol–water partition coefficient (Wildman–Crippen LogP) is 3.00. The van der Waals surface area contributed by atoms with Gasteiger partial charge in [-0.3, -0.25) is 4.90 Å². The molecular weight excluding hydrogens is 258 g/mol. The molecule has 0 aliphatic carbocycles. The minimum absolute atomic E-state index is 0.425. The number of hydrogen-bond acceptors (Lipinski definition) is 3. The van der Waals surface area contributed by atoms with Crippen LogP contribution in [0.2, 0.25) is 0 Å². The Morgan fingerprint density at radius 3 is 2.14 bits per heavy atom. The van der Waals surface area contributed by atoms with Gasteiger partial charge in [-0.2, -0.15) is 0 Å². The minimum Gasteiger partial charge on any atom is -0.313 e. The third-order valence-corrected chi connectivity index (χ3v) is 3.86. The summed E-state index contributed by atoms with van der Waals surface area (Å²) in [7, 11) is 4.29. The molecule has 0 aromatic heterocycles. The lowest BCUT2D eigenvalue weighted by molar-refractivity contribution is 0.124. The van der Waals surface area contributed by atoms with E-state index < -0.39 is 0 Å². The van der Waals surface area contributed by atoms with Gasteiger partial charge in [0.25, 0.3) is 0 Å². The van der Waals surface area contributed by atoms with E-state index in [0.29, 0.717) is 18.1 Å². The number of nitrogens with one attached hydrogen (secondary N) is 1. The van der Waals surface area contributed by atoms with Crippen molar-refractivity contribution < 1.29 is 0 Å². The molecule has 2 unspecified atom stereocenters. The molecule has 0 spiro atoms. The van der Waals surface area contributed by atoms with E-state index in [0.717, 1.165) is 19.6 Å². The third-order valence-electron chi connectivity index (χ3n) is 3.86. The summed E-state index contributed by atoms with van der Waals surface area (Å²) in [4.78, 5) is 4.87. The Labute approximate surface area is 131 Å². The van der Waals surface area contributed by atoms with Crippen LogP contribution in [0.15, 0.2) is 30.3 Å². The van der Waals surface area contributed by atoms with Crippen molar-refractivity contribution in [3.63, 3.8) is 0 Å². The first-order valence-electron chi connectivity index (χ1n) is 8.14. The van der Waals surface area contributed by atoms with Crippen LogP contribution in [-0.4, -0.2) is 55.6 Å². The molecule has 0 amide bonds. The summed E-state index contributed by atoms with van der Waals surface area (Å²) in [6, 6.07) is 12.3. The highest BCUT2D eigenvalue weighted by atomic mass is 15.2. The van der Waals surface area contributed by atoms with Crippen LogP contribution in [-0.2, 0) is 0 Å². The van der Waals surface area contributed by atoms with Gasteiger partial charge in [-0.15, -0.1) is 0 Å². The average Bonchev–Trinajstić information content (AvgIpc) is 2.43. The largest absolute Gasteiger partial charge is 0.313 e.